The number of hydrogen-bond acceptors (Lipinski definition) is 2. The fourth-order valence-electron chi connectivity index (χ4n) is 1.47. The zero-order valence-corrected chi connectivity index (χ0v) is 9.90. The van der Waals surface area contributed by atoms with E-state index in [1.54, 1.807) is 18.2 Å². The van der Waals surface area contributed by atoms with Crippen LogP contribution in [0.5, 0.6) is 0 Å². The van der Waals surface area contributed by atoms with Crippen LogP contribution in [0.3, 0.4) is 0 Å². The molecule has 0 amide bonds. The summed E-state index contributed by atoms with van der Waals surface area (Å²) in [7, 11) is 0. The molecule has 0 saturated heterocycles. The topological polar surface area (TPSA) is 26.3 Å². The summed E-state index contributed by atoms with van der Waals surface area (Å²) in [5.74, 6) is -0.253. The van der Waals surface area contributed by atoms with Gasteiger partial charge in [-0.1, -0.05) is 38.1 Å². The second kappa shape index (κ2) is 6.11. The normalized spacial score (nSPS) is 11.9. The Bertz CT molecular complexity index is 352. The van der Waals surface area contributed by atoms with Gasteiger partial charge in [0.1, 0.15) is 0 Å². The Kier molecular flexibility index (Phi) is 4.77. The lowest BCUT2D eigenvalue weighted by Gasteiger charge is -2.11. The predicted molar refractivity (Wildman–Crippen MR) is 66.3 cm³/mol. The Morgan fingerprint density at radius 3 is 2.56 bits per heavy atom. The molecule has 0 aliphatic heterocycles. The van der Waals surface area contributed by atoms with Gasteiger partial charge in [-0.05, 0) is 31.0 Å². The van der Waals surface area contributed by atoms with Crippen LogP contribution in [0.2, 0.25) is 0 Å². The number of benzene rings is 1. The third-order valence-corrected chi connectivity index (χ3v) is 2.39. The number of hydrogen-bond donors (Lipinski definition) is 0. The Morgan fingerprint density at radius 1 is 1.44 bits per heavy atom. The van der Waals surface area contributed by atoms with Crippen molar-refractivity contribution in [2.75, 3.05) is 0 Å². The molecule has 1 rings (SSSR count). The number of esters is 1. The molecule has 0 aromatic heterocycles. The first-order valence-electron chi connectivity index (χ1n) is 5.60. The SMILES string of the molecule is C=Cc1ccc(C(=O)OC(C)CCC)cc1. The molecule has 0 spiro atoms. The van der Waals surface area contributed by atoms with E-state index in [0.29, 0.717) is 5.56 Å². The lowest BCUT2D eigenvalue weighted by molar-refractivity contribution is 0.0323. The first-order valence-corrected chi connectivity index (χ1v) is 5.60. The highest BCUT2D eigenvalue weighted by atomic mass is 16.5. The van der Waals surface area contributed by atoms with Gasteiger partial charge in [0, 0.05) is 0 Å². The predicted octanol–water partition coefficient (Wildman–Crippen LogP) is 3.68. The molecule has 0 bridgehead atoms. The average Bonchev–Trinajstić information content (AvgIpc) is 2.29. The second-order valence-electron chi connectivity index (χ2n) is 3.83. The van der Waals surface area contributed by atoms with E-state index in [1.807, 2.05) is 19.1 Å². The smallest absolute Gasteiger partial charge is 0.338 e. The standard InChI is InChI=1S/C14H18O2/c1-4-6-11(3)16-14(15)13-9-7-12(5-2)8-10-13/h5,7-11H,2,4,6H2,1,3H3. The van der Waals surface area contributed by atoms with Crippen LogP contribution in [0, 0.1) is 0 Å². The van der Waals surface area contributed by atoms with Crippen LogP contribution in [0.1, 0.15) is 42.6 Å². The number of rotatable bonds is 5. The average molecular weight is 218 g/mol. The highest BCUT2D eigenvalue weighted by Crippen LogP contribution is 2.09. The second-order valence-corrected chi connectivity index (χ2v) is 3.83. The van der Waals surface area contributed by atoms with Gasteiger partial charge >= 0.3 is 5.97 Å². The minimum atomic E-state index is -0.253. The van der Waals surface area contributed by atoms with Crippen molar-refractivity contribution in [1.82, 2.24) is 0 Å². The van der Waals surface area contributed by atoms with Gasteiger partial charge in [0.15, 0.2) is 0 Å². The molecule has 2 nitrogen and oxygen atoms in total. The van der Waals surface area contributed by atoms with Crippen LogP contribution < -0.4 is 0 Å². The van der Waals surface area contributed by atoms with E-state index in [-0.39, 0.29) is 12.1 Å². The highest BCUT2D eigenvalue weighted by molar-refractivity contribution is 5.89. The van der Waals surface area contributed by atoms with E-state index in [9.17, 15) is 4.79 Å². The molecule has 86 valence electrons. The Labute approximate surface area is 96.9 Å². The zero-order valence-electron chi connectivity index (χ0n) is 9.90. The first-order chi connectivity index (χ1) is 7.67. The third kappa shape index (κ3) is 3.54. The van der Waals surface area contributed by atoms with E-state index in [2.05, 4.69) is 13.5 Å². The monoisotopic (exact) mass is 218 g/mol. The summed E-state index contributed by atoms with van der Waals surface area (Å²) in [6, 6.07) is 7.23. The molecule has 0 aliphatic carbocycles. The highest BCUT2D eigenvalue weighted by Gasteiger charge is 2.10. The fraction of sp³-hybridized carbons (Fsp3) is 0.357. The number of carbonyl (C=O) groups is 1. The molecule has 0 heterocycles. The molecule has 0 fully saturated rings. The van der Waals surface area contributed by atoms with Crippen LogP contribution in [0.15, 0.2) is 30.8 Å². The van der Waals surface area contributed by atoms with Gasteiger partial charge in [0.2, 0.25) is 0 Å². The van der Waals surface area contributed by atoms with Gasteiger partial charge in [-0.3, -0.25) is 0 Å². The fourth-order valence-corrected chi connectivity index (χ4v) is 1.47. The van der Waals surface area contributed by atoms with Crippen LogP contribution >= 0.6 is 0 Å². The quantitative estimate of drug-likeness (QED) is 0.705. The zero-order chi connectivity index (χ0) is 12.0. The molecular weight excluding hydrogens is 200 g/mol. The molecule has 0 saturated carbocycles. The molecule has 16 heavy (non-hydrogen) atoms. The lowest BCUT2D eigenvalue weighted by atomic mass is 10.1. The van der Waals surface area contributed by atoms with Crippen LogP contribution in [-0.4, -0.2) is 12.1 Å². The summed E-state index contributed by atoms with van der Waals surface area (Å²) in [6.45, 7) is 7.65. The van der Waals surface area contributed by atoms with Crippen LogP contribution in [0.4, 0.5) is 0 Å². The van der Waals surface area contributed by atoms with E-state index >= 15 is 0 Å². The molecule has 0 aliphatic rings. The Hall–Kier alpha value is -1.57. The molecule has 0 radical (unpaired) electrons. The number of carbonyl (C=O) groups excluding carboxylic acids is 1. The van der Waals surface area contributed by atoms with Crippen molar-refractivity contribution in [2.24, 2.45) is 0 Å². The van der Waals surface area contributed by atoms with E-state index < -0.39 is 0 Å². The third-order valence-electron chi connectivity index (χ3n) is 2.39. The first kappa shape index (κ1) is 12.5. The van der Waals surface area contributed by atoms with Crippen molar-refractivity contribution in [1.29, 1.82) is 0 Å². The van der Waals surface area contributed by atoms with Gasteiger partial charge in [-0.15, -0.1) is 0 Å². The Balaban J connectivity index is 2.62. The summed E-state index contributed by atoms with van der Waals surface area (Å²) in [5.41, 5.74) is 1.59. The maximum atomic E-state index is 11.7. The van der Waals surface area contributed by atoms with E-state index in [1.165, 1.54) is 0 Å². The van der Waals surface area contributed by atoms with Crippen LogP contribution in [0.25, 0.3) is 6.08 Å². The van der Waals surface area contributed by atoms with Crippen molar-refractivity contribution in [3.63, 3.8) is 0 Å². The maximum Gasteiger partial charge on any atom is 0.338 e. The van der Waals surface area contributed by atoms with Gasteiger partial charge in [0.05, 0.1) is 11.7 Å². The van der Waals surface area contributed by atoms with Crippen molar-refractivity contribution < 1.29 is 9.53 Å². The molecule has 1 atom stereocenters. The molecular formula is C14H18O2. The molecule has 1 aromatic carbocycles. The summed E-state index contributed by atoms with van der Waals surface area (Å²) in [6.07, 6.45) is 3.64. The molecule has 1 unspecified atom stereocenters. The van der Waals surface area contributed by atoms with Crippen molar-refractivity contribution in [2.45, 2.75) is 32.8 Å². The van der Waals surface area contributed by atoms with Crippen molar-refractivity contribution >= 4 is 12.0 Å². The molecule has 2 heteroatoms. The summed E-state index contributed by atoms with van der Waals surface area (Å²) in [5, 5.41) is 0. The molecule has 1 aromatic rings. The van der Waals surface area contributed by atoms with Crippen molar-refractivity contribution in [3.05, 3.63) is 42.0 Å². The summed E-state index contributed by atoms with van der Waals surface area (Å²) < 4.78 is 5.29. The van der Waals surface area contributed by atoms with E-state index in [4.69, 9.17) is 4.74 Å². The van der Waals surface area contributed by atoms with Gasteiger partial charge in [-0.2, -0.15) is 0 Å². The minimum Gasteiger partial charge on any atom is -0.459 e. The minimum absolute atomic E-state index is 0.0171. The van der Waals surface area contributed by atoms with Crippen LogP contribution in [-0.2, 0) is 4.74 Å². The number of ether oxygens (including phenoxy) is 1. The molecule has 0 N–H and O–H groups in total. The Morgan fingerprint density at radius 2 is 2.06 bits per heavy atom. The van der Waals surface area contributed by atoms with Gasteiger partial charge in [0.25, 0.3) is 0 Å². The summed E-state index contributed by atoms with van der Waals surface area (Å²) in [4.78, 5) is 11.7. The van der Waals surface area contributed by atoms with E-state index in [0.717, 1.165) is 18.4 Å². The van der Waals surface area contributed by atoms with Gasteiger partial charge < -0.3 is 4.74 Å². The van der Waals surface area contributed by atoms with Crippen molar-refractivity contribution in [3.8, 4) is 0 Å². The summed E-state index contributed by atoms with van der Waals surface area (Å²) >= 11 is 0. The largest absolute Gasteiger partial charge is 0.459 e. The lowest BCUT2D eigenvalue weighted by Crippen LogP contribution is -2.14. The van der Waals surface area contributed by atoms with Gasteiger partial charge in [-0.25, -0.2) is 4.79 Å². The maximum absolute atomic E-state index is 11.7.